The van der Waals surface area contributed by atoms with Gasteiger partial charge in [-0.05, 0) is 26.7 Å². The maximum atomic E-state index is 12.0. The van der Waals surface area contributed by atoms with E-state index in [-0.39, 0.29) is 12.3 Å². The van der Waals surface area contributed by atoms with Crippen molar-refractivity contribution in [3.63, 3.8) is 0 Å². The highest BCUT2D eigenvalue weighted by molar-refractivity contribution is 5.87. The first-order chi connectivity index (χ1) is 9.88. The van der Waals surface area contributed by atoms with E-state index in [1.807, 2.05) is 0 Å². The summed E-state index contributed by atoms with van der Waals surface area (Å²) in [6, 6.07) is -1.15. The summed E-state index contributed by atoms with van der Waals surface area (Å²) in [5.74, 6) is -1.18. The van der Waals surface area contributed by atoms with Crippen LogP contribution in [-0.2, 0) is 9.59 Å². The molecule has 1 rings (SSSR count). The van der Waals surface area contributed by atoms with E-state index in [1.54, 1.807) is 13.8 Å². The number of amides is 3. The van der Waals surface area contributed by atoms with E-state index in [9.17, 15) is 14.4 Å². The second-order valence-electron chi connectivity index (χ2n) is 5.63. The Kier molecular flexibility index (Phi) is 6.45. The van der Waals surface area contributed by atoms with Crippen LogP contribution in [0.5, 0.6) is 0 Å². The zero-order valence-electron chi connectivity index (χ0n) is 12.7. The van der Waals surface area contributed by atoms with Gasteiger partial charge in [-0.1, -0.05) is 19.3 Å². The molecule has 0 bridgehead atoms. The minimum atomic E-state index is -0.922. The van der Waals surface area contributed by atoms with Crippen LogP contribution in [0.25, 0.3) is 0 Å². The summed E-state index contributed by atoms with van der Waals surface area (Å²) in [4.78, 5) is 34.6. The number of carbonyl (C=O) groups excluding carboxylic acids is 2. The Morgan fingerprint density at radius 2 is 1.81 bits per heavy atom. The first kappa shape index (κ1) is 17.3. The molecule has 1 saturated carbocycles. The van der Waals surface area contributed by atoms with Gasteiger partial charge < -0.3 is 21.1 Å². The van der Waals surface area contributed by atoms with Crippen molar-refractivity contribution < 1.29 is 19.5 Å². The lowest BCUT2D eigenvalue weighted by Crippen LogP contribution is -2.57. The number of nitrogens with one attached hydrogen (secondary N) is 3. The van der Waals surface area contributed by atoms with Crippen LogP contribution in [0, 0.1) is 0 Å². The van der Waals surface area contributed by atoms with E-state index in [0.29, 0.717) is 19.4 Å². The molecule has 4 N–H and O–H groups in total. The molecule has 0 spiro atoms. The smallest absolute Gasteiger partial charge is 0.315 e. The molecule has 0 aromatic rings. The van der Waals surface area contributed by atoms with Gasteiger partial charge in [0.15, 0.2) is 0 Å². The SMILES string of the molecule is CCNC(=O)C(C)NC(=O)NC1(CC(=O)O)CCCCC1. The molecule has 21 heavy (non-hydrogen) atoms. The number of rotatable bonds is 6. The number of likely N-dealkylation sites (N-methyl/N-ethyl adjacent to an activating group) is 1. The largest absolute Gasteiger partial charge is 0.481 e. The number of urea groups is 1. The van der Waals surface area contributed by atoms with E-state index in [1.165, 1.54) is 0 Å². The Labute approximate surface area is 124 Å². The van der Waals surface area contributed by atoms with Crippen LogP contribution < -0.4 is 16.0 Å². The molecule has 1 aliphatic rings. The Morgan fingerprint density at radius 1 is 1.19 bits per heavy atom. The highest BCUT2D eigenvalue weighted by atomic mass is 16.4. The average molecular weight is 299 g/mol. The van der Waals surface area contributed by atoms with Crippen molar-refractivity contribution in [2.75, 3.05) is 6.54 Å². The van der Waals surface area contributed by atoms with Gasteiger partial charge in [-0.2, -0.15) is 0 Å². The molecule has 0 aliphatic heterocycles. The van der Waals surface area contributed by atoms with E-state index in [0.717, 1.165) is 19.3 Å². The number of hydrogen-bond acceptors (Lipinski definition) is 3. The Bertz CT molecular complexity index is 392. The van der Waals surface area contributed by atoms with Gasteiger partial charge in [0.25, 0.3) is 0 Å². The van der Waals surface area contributed by atoms with Crippen molar-refractivity contribution in [2.45, 2.75) is 64.0 Å². The van der Waals surface area contributed by atoms with Crippen molar-refractivity contribution in [1.82, 2.24) is 16.0 Å². The molecule has 0 saturated heterocycles. The molecule has 3 amide bonds. The van der Waals surface area contributed by atoms with E-state index in [2.05, 4.69) is 16.0 Å². The highest BCUT2D eigenvalue weighted by Gasteiger charge is 2.36. The van der Waals surface area contributed by atoms with Crippen LogP contribution in [0.15, 0.2) is 0 Å². The Balaban J connectivity index is 2.59. The van der Waals surface area contributed by atoms with Gasteiger partial charge in [-0.25, -0.2) is 4.79 Å². The van der Waals surface area contributed by atoms with Crippen LogP contribution in [0.1, 0.15) is 52.4 Å². The van der Waals surface area contributed by atoms with Gasteiger partial charge in [0.2, 0.25) is 5.91 Å². The summed E-state index contributed by atoms with van der Waals surface area (Å²) in [6.45, 7) is 3.89. The zero-order chi connectivity index (χ0) is 15.9. The molecule has 0 aromatic heterocycles. The van der Waals surface area contributed by atoms with Crippen LogP contribution >= 0.6 is 0 Å². The number of carbonyl (C=O) groups is 3. The third-order valence-electron chi connectivity index (χ3n) is 3.77. The predicted octanol–water partition coefficient (Wildman–Crippen LogP) is 0.988. The number of hydrogen-bond donors (Lipinski definition) is 4. The Morgan fingerprint density at radius 3 is 2.33 bits per heavy atom. The van der Waals surface area contributed by atoms with Crippen LogP contribution in [0.2, 0.25) is 0 Å². The highest BCUT2D eigenvalue weighted by Crippen LogP contribution is 2.31. The van der Waals surface area contributed by atoms with Gasteiger partial charge in [0.05, 0.1) is 12.0 Å². The zero-order valence-corrected chi connectivity index (χ0v) is 12.7. The van der Waals surface area contributed by atoms with Gasteiger partial charge in [-0.15, -0.1) is 0 Å². The lowest BCUT2D eigenvalue weighted by molar-refractivity contribution is -0.139. The van der Waals surface area contributed by atoms with Crippen LogP contribution in [0.4, 0.5) is 4.79 Å². The van der Waals surface area contributed by atoms with E-state index in [4.69, 9.17) is 5.11 Å². The fraction of sp³-hybridized carbons (Fsp3) is 0.786. The molecular weight excluding hydrogens is 274 g/mol. The molecule has 120 valence electrons. The maximum absolute atomic E-state index is 12.0. The standard InChI is InChI=1S/C14H25N3O4/c1-3-15-12(20)10(2)16-13(21)17-14(9-11(18)19)7-5-4-6-8-14/h10H,3-9H2,1-2H3,(H,15,20)(H,18,19)(H2,16,17,21). The van der Waals surface area contributed by atoms with Crippen LogP contribution in [0.3, 0.4) is 0 Å². The average Bonchev–Trinajstić information content (AvgIpc) is 2.38. The van der Waals surface area contributed by atoms with E-state index >= 15 is 0 Å². The lowest BCUT2D eigenvalue weighted by atomic mass is 9.79. The third-order valence-corrected chi connectivity index (χ3v) is 3.77. The van der Waals surface area contributed by atoms with Gasteiger partial charge in [0.1, 0.15) is 6.04 Å². The number of aliphatic carboxylic acids is 1. The molecule has 0 aromatic carbocycles. The minimum Gasteiger partial charge on any atom is -0.481 e. The lowest BCUT2D eigenvalue weighted by Gasteiger charge is -2.37. The molecular formula is C14H25N3O4. The second-order valence-corrected chi connectivity index (χ2v) is 5.63. The fourth-order valence-corrected chi connectivity index (χ4v) is 2.73. The summed E-state index contributed by atoms with van der Waals surface area (Å²) >= 11 is 0. The third kappa shape index (κ3) is 5.61. The molecule has 7 heteroatoms. The van der Waals surface area contributed by atoms with Crippen molar-refractivity contribution >= 4 is 17.9 Å². The normalized spacial score (nSPS) is 18.4. The van der Waals surface area contributed by atoms with Gasteiger partial charge in [-0.3, -0.25) is 9.59 Å². The van der Waals surface area contributed by atoms with Crippen molar-refractivity contribution in [2.24, 2.45) is 0 Å². The van der Waals surface area contributed by atoms with Crippen molar-refractivity contribution in [3.8, 4) is 0 Å². The molecule has 1 fully saturated rings. The first-order valence-electron chi connectivity index (χ1n) is 7.47. The second kappa shape index (κ2) is 7.85. The molecule has 1 aliphatic carbocycles. The molecule has 1 unspecified atom stereocenters. The van der Waals surface area contributed by atoms with E-state index < -0.39 is 23.6 Å². The summed E-state index contributed by atoms with van der Waals surface area (Å²) in [5, 5.41) is 17.0. The van der Waals surface area contributed by atoms with Crippen molar-refractivity contribution in [1.29, 1.82) is 0 Å². The molecule has 1 atom stereocenters. The first-order valence-corrected chi connectivity index (χ1v) is 7.47. The van der Waals surface area contributed by atoms with Crippen molar-refractivity contribution in [3.05, 3.63) is 0 Å². The summed E-state index contributed by atoms with van der Waals surface area (Å²) in [5.41, 5.74) is -0.699. The molecule has 0 radical (unpaired) electrons. The quantitative estimate of drug-likeness (QED) is 0.586. The number of carboxylic acid groups (broad SMARTS) is 1. The topological polar surface area (TPSA) is 108 Å². The van der Waals surface area contributed by atoms with Gasteiger partial charge >= 0.3 is 12.0 Å². The van der Waals surface area contributed by atoms with Gasteiger partial charge in [0, 0.05) is 6.54 Å². The number of carboxylic acids is 1. The monoisotopic (exact) mass is 299 g/mol. The van der Waals surface area contributed by atoms with Crippen LogP contribution in [-0.4, -0.2) is 41.1 Å². The summed E-state index contributed by atoms with van der Waals surface area (Å²) in [6.07, 6.45) is 4.08. The predicted molar refractivity (Wildman–Crippen MR) is 77.9 cm³/mol. The molecule has 0 heterocycles. The summed E-state index contributed by atoms with van der Waals surface area (Å²) < 4.78 is 0. The molecule has 7 nitrogen and oxygen atoms in total. The summed E-state index contributed by atoms with van der Waals surface area (Å²) in [7, 11) is 0. The maximum Gasteiger partial charge on any atom is 0.315 e. The minimum absolute atomic E-state index is 0.0873. The fourth-order valence-electron chi connectivity index (χ4n) is 2.73. The Hall–Kier alpha value is -1.79.